The maximum atomic E-state index is 12.6. The van der Waals surface area contributed by atoms with Crippen molar-refractivity contribution in [2.75, 3.05) is 0 Å². The lowest BCUT2D eigenvalue weighted by Crippen LogP contribution is -2.28. The second-order valence-electron chi connectivity index (χ2n) is 7.86. The fraction of sp³-hybridized carbons (Fsp3) is 0.138. The molecule has 4 aromatic carbocycles. The van der Waals surface area contributed by atoms with Gasteiger partial charge in [0.15, 0.2) is 17.6 Å². The number of benzene rings is 4. The van der Waals surface area contributed by atoms with E-state index in [2.05, 4.69) is 5.32 Å². The van der Waals surface area contributed by atoms with E-state index in [4.69, 9.17) is 9.47 Å². The summed E-state index contributed by atoms with van der Waals surface area (Å²) in [5.41, 5.74) is 3.42. The van der Waals surface area contributed by atoms with E-state index in [0.717, 1.165) is 16.7 Å². The van der Waals surface area contributed by atoms with Gasteiger partial charge in [0.1, 0.15) is 13.2 Å². The number of nitrogens with one attached hydrogen (secondary N) is 1. The van der Waals surface area contributed by atoms with Crippen LogP contribution in [0.4, 0.5) is 0 Å². The van der Waals surface area contributed by atoms with Crippen LogP contribution in [0.15, 0.2) is 109 Å². The summed E-state index contributed by atoms with van der Waals surface area (Å²) in [4.78, 5) is 12.6. The highest BCUT2D eigenvalue weighted by atomic mass is 16.5. The predicted octanol–water partition coefficient (Wildman–Crippen LogP) is 5.19. The highest BCUT2D eigenvalue weighted by Crippen LogP contribution is 2.32. The minimum atomic E-state index is -1.33. The zero-order chi connectivity index (χ0) is 23.6. The lowest BCUT2D eigenvalue weighted by molar-refractivity contribution is -0.129. The van der Waals surface area contributed by atoms with E-state index >= 15 is 0 Å². The molecule has 5 nitrogen and oxygen atoms in total. The molecule has 0 aliphatic heterocycles. The van der Waals surface area contributed by atoms with Crippen molar-refractivity contribution >= 4 is 5.91 Å². The largest absolute Gasteiger partial charge is 0.485 e. The zero-order valence-electron chi connectivity index (χ0n) is 18.8. The third-order valence-electron chi connectivity index (χ3n) is 5.32. The molecule has 0 fully saturated rings. The van der Waals surface area contributed by atoms with Crippen molar-refractivity contribution in [3.8, 4) is 11.5 Å². The minimum Gasteiger partial charge on any atom is -0.485 e. The van der Waals surface area contributed by atoms with E-state index in [1.165, 1.54) is 0 Å². The van der Waals surface area contributed by atoms with Crippen molar-refractivity contribution in [1.29, 1.82) is 0 Å². The van der Waals surface area contributed by atoms with Crippen LogP contribution in [-0.4, -0.2) is 11.0 Å². The maximum absolute atomic E-state index is 12.6. The first-order valence-electron chi connectivity index (χ1n) is 11.2. The molecule has 0 saturated carbocycles. The third-order valence-corrected chi connectivity index (χ3v) is 5.32. The second kappa shape index (κ2) is 11.7. The van der Waals surface area contributed by atoms with Gasteiger partial charge in [-0.25, -0.2) is 0 Å². The topological polar surface area (TPSA) is 67.8 Å². The molecule has 4 rings (SSSR count). The Morgan fingerprint density at radius 2 is 1.18 bits per heavy atom. The van der Waals surface area contributed by atoms with Crippen LogP contribution in [0.2, 0.25) is 0 Å². The molecule has 5 heteroatoms. The normalized spacial score (nSPS) is 11.4. The molecule has 1 atom stereocenters. The van der Waals surface area contributed by atoms with E-state index in [0.29, 0.717) is 36.8 Å². The molecule has 0 heterocycles. The lowest BCUT2D eigenvalue weighted by atomic mass is 10.1. The Morgan fingerprint density at radius 3 is 1.74 bits per heavy atom. The van der Waals surface area contributed by atoms with Crippen LogP contribution < -0.4 is 14.8 Å². The first-order valence-corrected chi connectivity index (χ1v) is 11.2. The highest BCUT2D eigenvalue weighted by Gasteiger charge is 2.19. The van der Waals surface area contributed by atoms with Crippen LogP contribution in [0.25, 0.3) is 0 Å². The Kier molecular flexibility index (Phi) is 7.93. The van der Waals surface area contributed by atoms with Gasteiger partial charge in [0.25, 0.3) is 5.91 Å². The number of ether oxygens (including phenoxy) is 2. The summed E-state index contributed by atoms with van der Waals surface area (Å²) in [6.07, 6.45) is -1.33. The Morgan fingerprint density at radius 1 is 0.676 bits per heavy atom. The Balaban J connectivity index is 1.48. The molecule has 2 N–H and O–H groups in total. The average molecular weight is 454 g/mol. The van der Waals surface area contributed by atoms with Crippen molar-refractivity contribution in [3.63, 3.8) is 0 Å². The molecule has 4 aromatic rings. The number of hydrogen-bond acceptors (Lipinski definition) is 4. The van der Waals surface area contributed by atoms with Crippen molar-refractivity contribution in [2.24, 2.45) is 0 Å². The fourth-order valence-corrected chi connectivity index (χ4v) is 3.43. The molecule has 0 saturated heterocycles. The average Bonchev–Trinajstić information content (AvgIpc) is 2.91. The Bertz CT molecular complexity index is 1180. The lowest BCUT2D eigenvalue weighted by Gasteiger charge is -2.17. The molecule has 0 unspecified atom stereocenters. The van der Waals surface area contributed by atoms with Crippen LogP contribution in [0.3, 0.4) is 0 Å². The number of amides is 1. The summed E-state index contributed by atoms with van der Waals surface area (Å²) in [6.45, 7) is 1.05. The van der Waals surface area contributed by atoms with Gasteiger partial charge >= 0.3 is 0 Å². The van der Waals surface area contributed by atoms with Crippen molar-refractivity contribution in [2.45, 2.75) is 25.9 Å². The molecule has 0 spiro atoms. The fourth-order valence-electron chi connectivity index (χ4n) is 3.43. The van der Waals surface area contributed by atoms with Gasteiger partial charge in [-0.3, -0.25) is 4.79 Å². The molecule has 0 aliphatic rings. The SMILES string of the molecule is O=C(NCc1ccccc1)[C@@H](O)c1ccc(OCc2ccccc2)c(OCc2ccccc2)c1. The summed E-state index contributed by atoms with van der Waals surface area (Å²) in [5.74, 6) is 0.531. The van der Waals surface area contributed by atoms with Gasteiger partial charge in [0.05, 0.1) is 0 Å². The van der Waals surface area contributed by atoms with E-state index in [1.807, 2.05) is 91.0 Å². The zero-order valence-corrected chi connectivity index (χ0v) is 18.8. The Hall–Kier alpha value is -4.09. The quantitative estimate of drug-likeness (QED) is 0.347. The molecule has 1 amide bonds. The maximum Gasteiger partial charge on any atom is 0.253 e. The molecule has 34 heavy (non-hydrogen) atoms. The van der Waals surface area contributed by atoms with Crippen molar-refractivity contribution in [1.82, 2.24) is 5.32 Å². The van der Waals surface area contributed by atoms with Gasteiger partial charge in [-0.2, -0.15) is 0 Å². The molecule has 0 aliphatic carbocycles. The van der Waals surface area contributed by atoms with Crippen molar-refractivity contribution in [3.05, 3.63) is 131 Å². The molecule has 0 aromatic heterocycles. The summed E-state index contributed by atoms with van der Waals surface area (Å²) < 4.78 is 12.0. The van der Waals surface area contributed by atoms with E-state index < -0.39 is 12.0 Å². The Labute approximate surface area is 199 Å². The number of aliphatic hydroxyl groups excluding tert-OH is 1. The number of carbonyl (C=O) groups is 1. The summed E-state index contributed by atoms with van der Waals surface area (Å²) in [5, 5.41) is 13.4. The highest BCUT2D eigenvalue weighted by molar-refractivity contribution is 5.82. The molecular formula is C29H27NO4. The number of aliphatic hydroxyl groups is 1. The summed E-state index contributed by atoms with van der Waals surface area (Å²) >= 11 is 0. The van der Waals surface area contributed by atoms with Crippen LogP contribution in [0, 0.1) is 0 Å². The minimum absolute atomic E-state index is 0.336. The van der Waals surface area contributed by atoms with Crippen LogP contribution >= 0.6 is 0 Å². The van der Waals surface area contributed by atoms with Gasteiger partial charge < -0.3 is 19.9 Å². The second-order valence-corrected chi connectivity index (χ2v) is 7.86. The monoisotopic (exact) mass is 453 g/mol. The number of rotatable bonds is 10. The summed E-state index contributed by atoms with van der Waals surface area (Å²) in [7, 11) is 0. The van der Waals surface area contributed by atoms with E-state index in [-0.39, 0.29) is 0 Å². The van der Waals surface area contributed by atoms with Gasteiger partial charge in [-0.05, 0) is 34.4 Å². The van der Waals surface area contributed by atoms with Gasteiger partial charge in [-0.15, -0.1) is 0 Å². The number of carbonyl (C=O) groups excluding carboxylic acids is 1. The van der Waals surface area contributed by atoms with Crippen molar-refractivity contribution < 1.29 is 19.4 Å². The van der Waals surface area contributed by atoms with E-state index in [9.17, 15) is 9.90 Å². The smallest absolute Gasteiger partial charge is 0.253 e. The van der Waals surface area contributed by atoms with Crippen LogP contribution in [0.1, 0.15) is 28.4 Å². The third kappa shape index (κ3) is 6.47. The van der Waals surface area contributed by atoms with Gasteiger partial charge in [-0.1, -0.05) is 97.1 Å². The molecule has 172 valence electrons. The molecular weight excluding hydrogens is 426 g/mol. The molecule has 0 radical (unpaired) electrons. The van der Waals surface area contributed by atoms with Crippen LogP contribution in [-0.2, 0) is 24.6 Å². The van der Waals surface area contributed by atoms with Gasteiger partial charge in [0.2, 0.25) is 0 Å². The first-order chi connectivity index (χ1) is 16.7. The predicted molar refractivity (Wildman–Crippen MR) is 131 cm³/mol. The van der Waals surface area contributed by atoms with Crippen LogP contribution in [0.5, 0.6) is 11.5 Å². The standard InChI is InChI=1S/C29H27NO4/c31-28(29(32)30-19-22-10-4-1-5-11-22)25-16-17-26(33-20-23-12-6-2-7-13-23)27(18-25)34-21-24-14-8-3-9-15-24/h1-18,28,31H,19-21H2,(H,30,32)/t28-/m0/s1. The van der Waals surface area contributed by atoms with E-state index in [1.54, 1.807) is 18.2 Å². The summed E-state index contributed by atoms with van der Waals surface area (Å²) in [6, 6.07) is 34.3. The number of hydrogen-bond donors (Lipinski definition) is 2. The molecule has 0 bridgehead atoms. The van der Waals surface area contributed by atoms with Gasteiger partial charge in [0, 0.05) is 6.54 Å². The first kappa shape index (κ1) is 23.1.